The second-order valence-electron chi connectivity index (χ2n) is 8.27. The highest BCUT2D eigenvalue weighted by molar-refractivity contribution is 9.09. The second-order valence-corrected chi connectivity index (χ2v) is 9.57. The average Bonchev–Trinajstić information content (AvgIpc) is 2.77. The molecule has 168 valence electrons. The SMILES string of the molecule is CCCCCC(CC)Oc1ccc2c(CC)c(OCCCCC(Br)CC)ccc2c1. The number of aryl methyl sites for hydroxylation is 1. The zero-order valence-electron chi connectivity index (χ0n) is 19.5. The van der Waals surface area contributed by atoms with Crippen LogP contribution in [0.3, 0.4) is 0 Å². The van der Waals surface area contributed by atoms with Gasteiger partial charge in [0.1, 0.15) is 11.5 Å². The quantitative estimate of drug-likeness (QED) is 0.188. The van der Waals surface area contributed by atoms with Gasteiger partial charge in [-0.25, -0.2) is 0 Å². The van der Waals surface area contributed by atoms with Crippen molar-refractivity contribution >= 4 is 26.7 Å². The summed E-state index contributed by atoms with van der Waals surface area (Å²) >= 11 is 3.71. The van der Waals surface area contributed by atoms with E-state index in [0.29, 0.717) is 10.9 Å². The third kappa shape index (κ3) is 7.80. The molecule has 2 aromatic rings. The lowest BCUT2D eigenvalue weighted by atomic mass is 10.0. The van der Waals surface area contributed by atoms with Gasteiger partial charge in [-0.15, -0.1) is 0 Å². The third-order valence-corrected chi connectivity index (χ3v) is 7.02. The van der Waals surface area contributed by atoms with E-state index in [1.807, 2.05) is 0 Å². The van der Waals surface area contributed by atoms with Crippen LogP contribution in [0.25, 0.3) is 10.8 Å². The molecule has 0 amide bonds. The van der Waals surface area contributed by atoms with E-state index in [1.54, 1.807) is 0 Å². The Morgan fingerprint density at radius 1 is 0.867 bits per heavy atom. The lowest BCUT2D eigenvalue weighted by molar-refractivity contribution is 0.183. The molecular weight excluding hydrogens is 436 g/mol. The molecule has 0 aromatic heterocycles. The number of unbranched alkanes of at least 4 members (excludes halogenated alkanes) is 3. The summed E-state index contributed by atoms with van der Waals surface area (Å²) in [6, 6.07) is 10.9. The highest BCUT2D eigenvalue weighted by atomic mass is 79.9. The molecule has 0 aliphatic carbocycles. The van der Waals surface area contributed by atoms with Gasteiger partial charge < -0.3 is 9.47 Å². The Kier molecular flexibility index (Phi) is 11.7. The molecule has 2 unspecified atom stereocenters. The van der Waals surface area contributed by atoms with Crippen molar-refractivity contribution < 1.29 is 9.47 Å². The van der Waals surface area contributed by atoms with Gasteiger partial charge in [0.05, 0.1) is 12.7 Å². The number of halogens is 1. The predicted octanol–water partition coefficient (Wildman–Crippen LogP) is 8.86. The minimum absolute atomic E-state index is 0.314. The predicted molar refractivity (Wildman–Crippen MR) is 135 cm³/mol. The van der Waals surface area contributed by atoms with Crippen LogP contribution in [-0.2, 0) is 6.42 Å². The topological polar surface area (TPSA) is 18.5 Å². The minimum atomic E-state index is 0.314. The van der Waals surface area contributed by atoms with Crippen LogP contribution in [0.2, 0.25) is 0 Å². The van der Waals surface area contributed by atoms with Gasteiger partial charge in [-0.05, 0) is 80.3 Å². The summed E-state index contributed by atoms with van der Waals surface area (Å²) in [5.74, 6) is 2.03. The average molecular weight is 478 g/mol. The molecule has 3 heteroatoms. The summed E-state index contributed by atoms with van der Waals surface area (Å²) < 4.78 is 12.5. The van der Waals surface area contributed by atoms with Gasteiger partial charge in [-0.1, -0.05) is 68.6 Å². The van der Waals surface area contributed by atoms with E-state index in [-0.39, 0.29) is 0 Å². The molecular formula is C27H41BrO2. The highest BCUT2D eigenvalue weighted by Gasteiger charge is 2.11. The summed E-state index contributed by atoms with van der Waals surface area (Å²) in [4.78, 5) is 0.639. The summed E-state index contributed by atoms with van der Waals surface area (Å²) in [5, 5.41) is 2.53. The van der Waals surface area contributed by atoms with Gasteiger partial charge in [0, 0.05) is 10.4 Å². The number of ether oxygens (including phenoxy) is 2. The summed E-state index contributed by atoms with van der Waals surface area (Å²) in [6.45, 7) is 9.70. The zero-order valence-corrected chi connectivity index (χ0v) is 21.1. The molecule has 2 nitrogen and oxygen atoms in total. The minimum Gasteiger partial charge on any atom is -0.493 e. The van der Waals surface area contributed by atoms with Crippen LogP contribution < -0.4 is 9.47 Å². The normalized spacial score (nSPS) is 13.4. The van der Waals surface area contributed by atoms with Gasteiger partial charge in [0.15, 0.2) is 0 Å². The van der Waals surface area contributed by atoms with E-state index in [2.05, 4.69) is 74.0 Å². The Bertz CT molecular complexity index is 743. The van der Waals surface area contributed by atoms with Crippen molar-refractivity contribution in [2.45, 2.75) is 103 Å². The van der Waals surface area contributed by atoms with E-state index in [4.69, 9.17) is 9.47 Å². The maximum Gasteiger partial charge on any atom is 0.123 e. The molecule has 30 heavy (non-hydrogen) atoms. The molecule has 0 heterocycles. The van der Waals surface area contributed by atoms with Crippen LogP contribution in [0.5, 0.6) is 11.5 Å². The van der Waals surface area contributed by atoms with E-state index in [1.165, 1.54) is 54.9 Å². The molecule has 0 bridgehead atoms. The first kappa shape index (κ1) is 25.0. The maximum absolute atomic E-state index is 6.31. The smallest absolute Gasteiger partial charge is 0.123 e. The number of hydrogen-bond donors (Lipinski definition) is 0. The molecule has 0 saturated carbocycles. The van der Waals surface area contributed by atoms with Gasteiger partial charge >= 0.3 is 0 Å². The Labute approximate surface area is 192 Å². The van der Waals surface area contributed by atoms with Gasteiger partial charge in [0.2, 0.25) is 0 Å². The third-order valence-electron chi connectivity index (χ3n) is 5.91. The zero-order chi connectivity index (χ0) is 21.8. The van der Waals surface area contributed by atoms with Crippen LogP contribution >= 0.6 is 15.9 Å². The molecule has 2 rings (SSSR count). The van der Waals surface area contributed by atoms with Crippen molar-refractivity contribution in [3.63, 3.8) is 0 Å². The van der Waals surface area contributed by atoms with Crippen molar-refractivity contribution in [3.8, 4) is 11.5 Å². The Morgan fingerprint density at radius 2 is 1.67 bits per heavy atom. The fraction of sp³-hybridized carbons (Fsp3) is 0.630. The van der Waals surface area contributed by atoms with Crippen molar-refractivity contribution in [1.82, 2.24) is 0 Å². The largest absolute Gasteiger partial charge is 0.493 e. The van der Waals surface area contributed by atoms with E-state index < -0.39 is 0 Å². The van der Waals surface area contributed by atoms with Crippen molar-refractivity contribution in [2.24, 2.45) is 0 Å². The summed E-state index contributed by atoms with van der Waals surface area (Å²) in [7, 11) is 0. The van der Waals surface area contributed by atoms with E-state index in [9.17, 15) is 0 Å². The number of rotatable bonds is 15. The molecule has 0 spiro atoms. The van der Waals surface area contributed by atoms with Crippen LogP contribution in [0.1, 0.15) is 91.0 Å². The molecule has 0 aliphatic heterocycles. The molecule has 2 atom stereocenters. The molecule has 0 aliphatic rings. The van der Waals surface area contributed by atoms with E-state index >= 15 is 0 Å². The van der Waals surface area contributed by atoms with Gasteiger partial charge in [0.25, 0.3) is 0 Å². The summed E-state index contributed by atoms with van der Waals surface area (Å²) in [6.07, 6.45) is 12.0. The first-order valence-electron chi connectivity index (χ1n) is 12.1. The molecule has 0 saturated heterocycles. The van der Waals surface area contributed by atoms with Crippen LogP contribution in [-0.4, -0.2) is 17.5 Å². The molecule has 0 fully saturated rings. The lowest BCUT2D eigenvalue weighted by Crippen LogP contribution is -2.15. The molecule has 0 N–H and O–H groups in total. The number of benzene rings is 2. The Hall–Kier alpha value is -1.22. The van der Waals surface area contributed by atoms with Gasteiger partial charge in [-0.3, -0.25) is 0 Å². The van der Waals surface area contributed by atoms with Crippen LogP contribution in [0.15, 0.2) is 30.3 Å². The first-order valence-corrected chi connectivity index (χ1v) is 13.0. The first-order chi connectivity index (χ1) is 14.6. The maximum atomic E-state index is 6.31. The van der Waals surface area contributed by atoms with Crippen molar-refractivity contribution in [3.05, 3.63) is 35.9 Å². The Morgan fingerprint density at radius 3 is 2.37 bits per heavy atom. The van der Waals surface area contributed by atoms with E-state index in [0.717, 1.165) is 43.8 Å². The molecule has 2 aromatic carbocycles. The number of hydrogen-bond acceptors (Lipinski definition) is 2. The number of fused-ring (bicyclic) bond motifs is 1. The van der Waals surface area contributed by atoms with Crippen LogP contribution in [0.4, 0.5) is 0 Å². The molecule has 0 radical (unpaired) electrons. The van der Waals surface area contributed by atoms with Crippen molar-refractivity contribution in [1.29, 1.82) is 0 Å². The lowest BCUT2D eigenvalue weighted by Gasteiger charge is -2.19. The van der Waals surface area contributed by atoms with Crippen LogP contribution in [0, 0.1) is 0 Å². The van der Waals surface area contributed by atoms with Gasteiger partial charge in [-0.2, -0.15) is 0 Å². The number of alkyl halides is 1. The highest BCUT2D eigenvalue weighted by Crippen LogP contribution is 2.32. The van der Waals surface area contributed by atoms with Crippen molar-refractivity contribution in [2.75, 3.05) is 6.61 Å². The monoisotopic (exact) mass is 476 g/mol. The summed E-state index contributed by atoms with van der Waals surface area (Å²) in [5.41, 5.74) is 1.31. The Balaban J connectivity index is 2.02. The fourth-order valence-electron chi connectivity index (χ4n) is 3.94. The second kappa shape index (κ2) is 14.0. The fourth-order valence-corrected chi connectivity index (χ4v) is 4.26. The standard InChI is InChI=1S/C27H41BrO2/c1-5-9-10-14-23(7-3)30-24-16-17-26-21(20-24)15-18-27(25(26)8-4)29-19-12-11-13-22(28)6-2/h15-18,20,22-23H,5-14,19H2,1-4H3.